The lowest BCUT2D eigenvalue weighted by molar-refractivity contribution is -0.140. The number of carbonyl (C=O) groups excluding carboxylic acids is 1. The zero-order valence-electron chi connectivity index (χ0n) is 12.4. The van der Waals surface area contributed by atoms with Gasteiger partial charge in [-0.25, -0.2) is 13.1 Å². The van der Waals surface area contributed by atoms with Gasteiger partial charge in [0, 0.05) is 18.2 Å². The van der Waals surface area contributed by atoms with Crippen molar-refractivity contribution >= 4 is 15.9 Å². The molecule has 0 aliphatic heterocycles. The van der Waals surface area contributed by atoms with Crippen molar-refractivity contribution in [1.29, 1.82) is 0 Å². The van der Waals surface area contributed by atoms with Crippen molar-refractivity contribution in [1.82, 2.24) is 9.62 Å². The molecule has 0 atom stereocenters. The van der Waals surface area contributed by atoms with Gasteiger partial charge in [0.15, 0.2) is 0 Å². The molecule has 23 heavy (non-hydrogen) atoms. The third-order valence-electron chi connectivity index (χ3n) is 3.33. The number of benzene rings is 1. The minimum atomic E-state index is -4.51. The van der Waals surface area contributed by atoms with Gasteiger partial charge in [0.1, 0.15) is 6.54 Å². The first kappa shape index (κ1) is 17.7. The van der Waals surface area contributed by atoms with E-state index in [1.807, 2.05) is 0 Å². The molecular formula is C14H17F3N2O3S. The smallest absolute Gasteiger partial charge is 0.330 e. The standard InChI is InChI=1S/C14H17F3N2O3S/c1-2-19(9-14(15,16)17)13(20)10-4-3-5-12(8-10)23(21,22)18-11-6-7-11/h3-5,8,11,18H,2,6-7,9H2,1H3. The largest absolute Gasteiger partial charge is 0.406 e. The van der Waals surface area contributed by atoms with Gasteiger partial charge in [-0.05, 0) is 38.0 Å². The zero-order chi connectivity index (χ0) is 17.3. The molecule has 5 nitrogen and oxygen atoms in total. The van der Waals surface area contributed by atoms with E-state index in [1.54, 1.807) is 0 Å². The number of sulfonamides is 1. The fourth-order valence-corrected chi connectivity index (χ4v) is 3.36. The highest BCUT2D eigenvalue weighted by Crippen LogP contribution is 2.23. The number of rotatable bonds is 6. The Bertz CT molecular complexity index is 685. The second-order valence-corrected chi connectivity index (χ2v) is 7.07. The average molecular weight is 350 g/mol. The Hall–Kier alpha value is -1.61. The average Bonchev–Trinajstić information content (AvgIpc) is 3.26. The van der Waals surface area contributed by atoms with Gasteiger partial charge in [0.25, 0.3) is 5.91 Å². The molecule has 0 radical (unpaired) electrons. The first-order valence-electron chi connectivity index (χ1n) is 7.11. The summed E-state index contributed by atoms with van der Waals surface area (Å²) >= 11 is 0. The molecule has 0 spiro atoms. The molecule has 1 N–H and O–H groups in total. The zero-order valence-corrected chi connectivity index (χ0v) is 13.2. The van der Waals surface area contributed by atoms with E-state index in [4.69, 9.17) is 0 Å². The number of hydrogen-bond acceptors (Lipinski definition) is 3. The lowest BCUT2D eigenvalue weighted by Gasteiger charge is -2.22. The van der Waals surface area contributed by atoms with Crippen LogP contribution in [0.2, 0.25) is 0 Å². The van der Waals surface area contributed by atoms with Crippen LogP contribution in [0.4, 0.5) is 13.2 Å². The fourth-order valence-electron chi connectivity index (χ4n) is 2.01. The normalized spacial score (nSPS) is 15.5. The van der Waals surface area contributed by atoms with Gasteiger partial charge in [0.2, 0.25) is 10.0 Å². The van der Waals surface area contributed by atoms with Crippen LogP contribution in [0.15, 0.2) is 29.2 Å². The Morgan fingerprint density at radius 1 is 1.35 bits per heavy atom. The number of hydrogen-bond donors (Lipinski definition) is 1. The SMILES string of the molecule is CCN(CC(F)(F)F)C(=O)c1cccc(S(=O)(=O)NC2CC2)c1. The van der Waals surface area contributed by atoms with Crippen molar-refractivity contribution < 1.29 is 26.4 Å². The van der Waals surface area contributed by atoms with Gasteiger partial charge in [-0.2, -0.15) is 13.2 Å². The van der Waals surface area contributed by atoms with Crippen LogP contribution in [-0.2, 0) is 10.0 Å². The summed E-state index contributed by atoms with van der Waals surface area (Å²) in [5, 5.41) is 0. The minimum absolute atomic E-state index is 0.0882. The highest BCUT2D eigenvalue weighted by atomic mass is 32.2. The fraction of sp³-hybridized carbons (Fsp3) is 0.500. The number of amides is 1. The predicted molar refractivity (Wildman–Crippen MR) is 77.4 cm³/mol. The van der Waals surface area contributed by atoms with Gasteiger partial charge in [0.05, 0.1) is 4.90 Å². The molecule has 128 valence electrons. The summed E-state index contributed by atoms with van der Waals surface area (Å²) < 4.78 is 64.1. The molecule has 0 heterocycles. The summed E-state index contributed by atoms with van der Waals surface area (Å²) in [5.74, 6) is -0.853. The summed E-state index contributed by atoms with van der Waals surface area (Å²) in [6.07, 6.45) is -3.00. The molecular weight excluding hydrogens is 333 g/mol. The molecule has 9 heteroatoms. The molecule has 1 aliphatic rings. The van der Waals surface area contributed by atoms with Crippen LogP contribution >= 0.6 is 0 Å². The topological polar surface area (TPSA) is 66.5 Å². The Labute approximate surface area is 132 Å². The number of nitrogens with zero attached hydrogens (tertiary/aromatic N) is 1. The monoisotopic (exact) mass is 350 g/mol. The molecule has 1 aliphatic carbocycles. The van der Waals surface area contributed by atoms with E-state index in [2.05, 4.69) is 4.72 Å². The summed E-state index contributed by atoms with van der Waals surface area (Å²) in [4.78, 5) is 12.7. The molecule has 1 aromatic rings. The van der Waals surface area contributed by atoms with Crippen molar-refractivity contribution in [3.63, 3.8) is 0 Å². The summed E-state index contributed by atoms with van der Waals surface area (Å²) in [6, 6.07) is 4.96. The number of nitrogens with one attached hydrogen (secondary N) is 1. The van der Waals surface area contributed by atoms with E-state index in [0.717, 1.165) is 18.9 Å². The van der Waals surface area contributed by atoms with E-state index in [1.165, 1.54) is 25.1 Å². The molecule has 2 rings (SSSR count). The molecule has 1 amide bonds. The van der Waals surface area contributed by atoms with E-state index in [0.29, 0.717) is 4.90 Å². The summed E-state index contributed by atoms with van der Waals surface area (Å²) in [5.41, 5.74) is -0.0882. The Morgan fingerprint density at radius 2 is 2.00 bits per heavy atom. The highest BCUT2D eigenvalue weighted by molar-refractivity contribution is 7.89. The first-order valence-corrected chi connectivity index (χ1v) is 8.59. The van der Waals surface area contributed by atoms with E-state index < -0.39 is 28.7 Å². The summed E-state index contributed by atoms with van der Waals surface area (Å²) in [6.45, 7) is -0.0752. The van der Waals surface area contributed by atoms with Gasteiger partial charge in [-0.1, -0.05) is 6.07 Å². The number of alkyl halides is 3. The molecule has 0 aromatic heterocycles. The van der Waals surface area contributed by atoms with Crippen molar-refractivity contribution in [3.05, 3.63) is 29.8 Å². The van der Waals surface area contributed by atoms with Crippen molar-refractivity contribution in [2.45, 2.75) is 36.9 Å². The minimum Gasteiger partial charge on any atom is -0.330 e. The third kappa shape index (κ3) is 4.93. The van der Waals surface area contributed by atoms with Crippen molar-refractivity contribution in [2.75, 3.05) is 13.1 Å². The van der Waals surface area contributed by atoms with Gasteiger partial charge < -0.3 is 4.90 Å². The van der Waals surface area contributed by atoms with E-state index in [-0.39, 0.29) is 23.0 Å². The van der Waals surface area contributed by atoms with Crippen LogP contribution in [-0.4, -0.2) is 44.5 Å². The molecule has 0 unspecified atom stereocenters. The number of halogens is 3. The van der Waals surface area contributed by atoms with E-state index >= 15 is 0 Å². The van der Waals surface area contributed by atoms with E-state index in [9.17, 15) is 26.4 Å². The quantitative estimate of drug-likeness (QED) is 0.855. The van der Waals surface area contributed by atoms with Crippen LogP contribution < -0.4 is 4.72 Å². The molecule has 0 saturated heterocycles. The van der Waals surface area contributed by atoms with Crippen LogP contribution in [0.25, 0.3) is 0 Å². The molecule has 1 fully saturated rings. The van der Waals surface area contributed by atoms with Gasteiger partial charge >= 0.3 is 6.18 Å². The molecule has 0 bridgehead atoms. The third-order valence-corrected chi connectivity index (χ3v) is 4.85. The lowest BCUT2D eigenvalue weighted by Crippen LogP contribution is -2.38. The van der Waals surface area contributed by atoms with Crippen LogP contribution in [0, 0.1) is 0 Å². The summed E-state index contributed by atoms with van der Waals surface area (Å²) in [7, 11) is -3.76. The van der Waals surface area contributed by atoms with Crippen LogP contribution in [0.1, 0.15) is 30.1 Å². The Morgan fingerprint density at radius 3 is 2.52 bits per heavy atom. The maximum Gasteiger partial charge on any atom is 0.406 e. The Balaban J connectivity index is 2.22. The van der Waals surface area contributed by atoms with Gasteiger partial charge in [-0.15, -0.1) is 0 Å². The molecule has 1 aromatic carbocycles. The highest BCUT2D eigenvalue weighted by Gasteiger charge is 2.33. The second kappa shape index (κ2) is 6.48. The first-order chi connectivity index (χ1) is 10.6. The van der Waals surface area contributed by atoms with Crippen LogP contribution in [0.5, 0.6) is 0 Å². The maximum atomic E-state index is 12.5. The Kier molecular flexibility index (Phi) is 5.00. The van der Waals surface area contributed by atoms with Crippen LogP contribution in [0.3, 0.4) is 0 Å². The maximum absolute atomic E-state index is 12.5. The predicted octanol–water partition coefficient (Wildman–Crippen LogP) is 2.15. The lowest BCUT2D eigenvalue weighted by atomic mass is 10.2. The number of carbonyl (C=O) groups is 1. The van der Waals surface area contributed by atoms with Crippen molar-refractivity contribution in [3.8, 4) is 0 Å². The second-order valence-electron chi connectivity index (χ2n) is 5.36. The van der Waals surface area contributed by atoms with Gasteiger partial charge in [-0.3, -0.25) is 4.79 Å². The molecule has 1 saturated carbocycles. The van der Waals surface area contributed by atoms with Crippen molar-refractivity contribution in [2.24, 2.45) is 0 Å².